The summed E-state index contributed by atoms with van der Waals surface area (Å²) in [7, 11) is 0. The van der Waals surface area contributed by atoms with E-state index in [-0.39, 0.29) is 17.7 Å². The van der Waals surface area contributed by atoms with Crippen molar-refractivity contribution in [2.45, 2.75) is 6.92 Å². The number of aromatic amines is 1. The summed E-state index contributed by atoms with van der Waals surface area (Å²) < 4.78 is 6.36. The number of nitrogens with one attached hydrogen (secondary N) is 1. The van der Waals surface area contributed by atoms with Gasteiger partial charge < -0.3 is 4.74 Å². The molecule has 6 nitrogen and oxygen atoms in total. The highest BCUT2D eigenvalue weighted by Crippen LogP contribution is 2.15. The van der Waals surface area contributed by atoms with Crippen LogP contribution in [0, 0.1) is 0 Å². The first kappa shape index (κ1) is 13.1. The quantitative estimate of drug-likeness (QED) is 0.745. The smallest absolute Gasteiger partial charge is 0.341 e. The van der Waals surface area contributed by atoms with Crippen LogP contribution in [0.4, 0.5) is 0 Å². The van der Waals surface area contributed by atoms with Crippen LogP contribution in [0.5, 0.6) is 0 Å². The molecule has 0 radical (unpaired) electrons. The summed E-state index contributed by atoms with van der Waals surface area (Å²) in [4.78, 5) is 28.3. The molecule has 0 aliphatic carbocycles. The molecule has 0 aliphatic rings. The zero-order valence-corrected chi connectivity index (χ0v) is 11.4. The molecule has 0 aliphatic heterocycles. The van der Waals surface area contributed by atoms with Crippen LogP contribution in [0.3, 0.4) is 0 Å². The molecule has 0 spiro atoms. The number of hydrogen-bond acceptors (Lipinski definition) is 4. The molecule has 21 heavy (non-hydrogen) atoms. The fourth-order valence-corrected chi connectivity index (χ4v) is 2.15. The Morgan fingerprint density at radius 2 is 2.05 bits per heavy atom. The molecule has 1 N–H and O–H groups in total. The average molecular weight is 283 g/mol. The lowest BCUT2D eigenvalue weighted by Gasteiger charge is -2.02. The Labute approximate surface area is 120 Å². The summed E-state index contributed by atoms with van der Waals surface area (Å²) in [6.07, 6.45) is 2.84. The number of fused-ring (bicyclic) bond motifs is 1. The van der Waals surface area contributed by atoms with Gasteiger partial charge in [-0.15, -0.1) is 0 Å². The first-order valence-corrected chi connectivity index (χ1v) is 6.53. The number of rotatable bonds is 3. The fourth-order valence-electron chi connectivity index (χ4n) is 2.15. The van der Waals surface area contributed by atoms with E-state index in [0.29, 0.717) is 16.6 Å². The van der Waals surface area contributed by atoms with Gasteiger partial charge in [0, 0.05) is 12.4 Å². The number of ether oxygens (including phenoxy) is 1. The van der Waals surface area contributed by atoms with Crippen molar-refractivity contribution in [3.63, 3.8) is 0 Å². The van der Waals surface area contributed by atoms with Gasteiger partial charge in [0.1, 0.15) is 5.56 Å². The van der Waals surface area contributed by atoms with E-state index in [0.717, 1.165) is 0 Å². The maximum atomic E-state index is 12.4. The van der Waals surface area contributed by atoms with Crippen molar-refractivity contribution in [2.24, 2.45) is 0 Å². The summed E-state index contributed by atoms with van der Waals surface area (Å²) >= 11 is 0. The van der Waals surface area contributed by atoms with Crippen molar-refractivity contribution in [1.82, 2.24) is 14.8 Å². The van der Waals surface area contributed by atoms with E-state index >= 15 is 0 Å². The first-order chi connectivity index (χ1) is 10.2. The van der Waals surface area contributed by atoms with E-state index < -0.39 is 5.97 Å². The minimum Gasteiger partial charge on any atom is -0.462 e. The lowest BCUT2D eigenvalue weighted by Crippen LogP contribution is -2.13. The summed E-state index contributed by atoms with van der Waals surface area (Å²) in [6.45, 7) is 1.99. The van der Waals surface area contributed by atoms with Crippen LogP contribution in [-0.2, 0) is 4.74 Å². The van der Waals surface area contributed by atoms with E-state index in [1.807, 2.05) is 18.2 Å². The van der Waals surface area contributed by atoms with Gasteiger partial charge in [0.15, 0.2) is 0 Å². The molecular weight excluding hydrogens is 270 g/mol. The molecule has 0 amide bonds. The summed E-state index contributed by atoms with van der Waals surface area (Å²) in [5.74, 6) is -0.503. The maximum Gasteiger partial charge on any atom is 0.341 e. The molecule has 106 valence electrons. The molecule has 0 saturated carbocycles. The van der Waals surface area contributed by atoms with E-state index in [1.165, 1.54) is 17.1 Å². The highest BCUT2D eigenvalue weighted by Gasteiger charge is 2.17. The van der Waals surface area contributed by atoms with Crippen LogP contribution >= 0.6 is 0 Å². The van der Waals surface area contributed by atoms with Gasteiger partial charge in [-0.3, -0.25) is 14.9 Å². The Morgan fingerprint density at radius 3 is 2.76 bits per heavy atom. The van der Waals surface area contributed by atoms with Crippen LogP contribution in [0.15, 0.2) is 47.5 Å². The lowest BCUT2D eigenvalue weighted by molar-refractivity contribution is 0.0528. The molecule has 0 fully saturated rings. The number of pyridine rings is 1. The van der Waals surface area contributed by atoms with Crippen LogP contribution in [-0.4, -0.2) is 27.3 Å². The highest BCUT2D eigenvalue weighted by molar-refractivity contribution is 6.02. The van der Waals surface area contributed by atoms with Gasteiger partial charge >= 0.3 is 5.97 Å². The van der Waals surface area contributed by atoms with Gasteiger partial charge in [-0.2, -0.15) is 0 Å². The number of para-hydroxylation sites is 1. The monoisotopic (exact) mass is 283 g/mol. The second-order valence-corrected chi connectivity index (χ2v) is 4.42. The van der Waals surface area contributed by atoms with E-state index in [9.17, 15) is 9.59 Å². The van der Waals surface area contributed by atoms with Gasteiger partial charge in [-0.05, 0) is 19.1 Å². The molecule has 1 aromatic carbocycles. The van der Waals surface area contributed by atoms with E-state index in [2.05, 4.69) is 10.1 Å². The molecule has 0 unspecified atom stereocenters. The van der Waals surface area contributed by atoms with Gasteiger partial charge in [-0.25, -0.2) is 9.48 Å². The predicted molar refractivity (Wildman–Crippen MR) is 77.6 cm³/mol. The Balaban J connectivity index is 2.23. The Bertz CT molecular complexity index is 849. The van der Waals surface area contributed by atoms with Crippen molar-refractivity contribution in [3.8, 4) is 5.69 Å². The number of carbonyl (C=O) groups is 1. The minimum atomic E-state index is -0.503. The Kier molecular flexibility index (Phi) is 3.27. The zero-order chi connectivity index (χ0) is 14.8. The third-order valence-corrected chi connectivity index (χ3v) is 3.11. The first-order valence-electron chi connectivity index (χ1n) is 6.53. The molecule has 3 aromatic rings. The summed E-state index contributed by atoms with van der Waals surface area (Å²) in [6, 6.07) is 9.13. The number of carbonyl (C=O) groups excluding carboxylic acids is 1. The third kappa shape index (κ3) is 2.20. The largest absolute Gasteiger partial charge is 0.462 e. The normalized spacial score (nSPS) is 10.7. The molecule has 2 aromatic heterocycles. The SMILES string of the molecule is CCOC(=O)c1cncc2c(=O)n(-c3ccccc3)[nH]c12. The minimum absolute atomic E-state index is 0.251. The molecule has 0 bridgehead atoms. The lowest BCUT2D eigenvalue weighted by atomic mass is 10.2. The van der Waals surface area contributed by atoms with Crippen molar-refractivity contribution in [1.29, 1.82) is 0 Å². The van der Waals surface area contributed by atoms with Crippen LogP contribution < -0.4 is 5.56 Å². The van der Waals surface area contributed by atoms with E-state index in [4.69, 9.17) is 4.74 Å². The number of hydrogen-bond donors (Lipinski definition) is 1. The van der Waals surface area contributed by atoms with Gasteiger partial charge in [0.05, 0.1) is 23.2 Å². The average Bonchev–Trinajstić information content (AvgIpc) is 2.86. The Hall–Kier alpha value is -2.89. The van der Waals surface area contributed by atoms with Crippen molar-refractivity contribution < 1.29 is 9.53 Å². The van der Waals surface area contributed by atoms with Gasteiger partial charge in [-0.1, -0.05) is 18.2 Å². The highest BCUT2D eigenvalue weighted by atomic mass is 16.5. The van der Waals surface area contributed by atoms with Crippen LogP contribution in [0.25, 0.3) is 16.6 Å². The molecule has 3 rings (SSSR count). The van der Waals surface area contributed by atoms with Gasteiger partial charge in [0.2, 0.25) is 0 Å². The van der Waals surface area contributed by atoms with Crippen molar-refractivity contribution >= 4 is 16.9 Å². The van der Waals surface area contributed by atoms with Crippen molar-refractivity contribution in [2.75, 3.05) is 6.61 Å². The fraction of sp³-hybridized carbons (Fsp3) is 0.133. The molecule has 0 saturated heterocycles. The second kappa shape index (κ2) is 5.24. The molecule has 6 heteroatoms. The summed E-state index contributed by atoms with van der Waals surface area (Å²) in [5, 5.41) is 3.30. The molecular formula is C15H13N3O3. The predicted octanol–water partition coefficient (Wildman–Crippen LogP) is 1.89. The number of benzene rings is 1. The second-order valence-electron chi connectivity index (χ2n) is 4.42. The number of nitrogens with zero attached hydrogens (tertiary/aromatic N) is 2. The summed E-state index contributed by atoms with van der Waals surface area (Å²) in [5.41, 5.74) is 1.11. The topological polar surface area (TPSA) is 77.0 Å². The number of aromatic nitrogens is 3. The Morgan fingerprint density at radius 1 is 1.29 bits per heavy atom. The van der Waals surface area contributed by atoms with E-state index in [1.54, 1.807) is 19.1 Å². The number of esters is 1. The molecule has 0 atom stereocenters. The zero-order valence-electron chi connectivity index (χ0n) is 11.4. The van der Waals surface area contributed by atoms with Crippen LogP contribution in [0.2, 0.25) is 0 Å². The van der Waals surface area contributed by atoms with Gasteiger partial charge in [0.25, 0.3) is 5.56 Å². The third-order valence-electron chi connectivity index (χ3n) is 3.11. The van der Waals surface area contributed by atoms with Crippen LogP contribution in [0.1, 0.15) is 17.3 Å². The standard InChI is InChI=1S/C15H13N3O3/c1-2-21-15(20)12-9-16-8-11-13(12)17-18(14(11)19)10-6-4-3-5-7-10/h3-9,17H,2H2,1H3. The molecule has 2 heterocycles. The van der Waals surface area contributed by atoms with Crippen molar-refractivity contribution in [3.05, 3.63) is 58.6 Å². The number of H-pyrrole nitrogens is 1. The maximum absolute atomic E-state index is 12.4.